The standard InChI is InChI=1S/C14H9N2O/c17-16-12-4-2-1-3-10(12)14-9-7-8-15-11(9)5-6-13(14)16/h1-8,15H/q+1. The van der Waals surface area contributed by atoms with Crippen LogP contribution in [0.4, 0.5) is 11.4 Å². The van der Waals surface area contributed by atoms with E-state index >= 15 is 0 Å². The number of benzene rings is 2. The van der Waals surface area contributed by atoms with Gasteiger partial charge in [-0.05, 0) is 18.2 Å². The van der Waals surface area contributed by atoms with Crippen molar-refractivity contribution in [3.63, 3.8) is 0 Å². The van der Waals surface area contributed by atoms with Crippen LogP contribution in [0, 0.1) is 4.91 Å². The average Bonchev–Trinajstić information content (AvgIpc) is 2.93. The van der Waals surface area contributed by atoms with Gasteiger partial charge in [-0.2, -0.15) is 0 Å². The minimum absolute atomic E-state index is 0.733. The number of nitrogens with one attached hydrogen (secondary N) is 1. The zero-order chi connectivity index (χ0) is 11.4. The van der Waals surface area contributed by atoms with Crippen molar-refractivity contribution < 1.29 is 0 Å². The number of nitrogens with zero attached hydrogens (tertiary/aromatic N) is 1. The largest absolute Gasteiger partial charge is 0.361 e. The summed E-state index contributed by atoms with van der Waals surface area (Å²) in [5.74, 6) is 0. The molecule has 0 saturated heterocycles. The number of aromatic amines is 1. The molecule has 3 heteroatoms. The minimum atomic E-state index is 0.733. The van der Waals surface area contributed by atoms with Crippen LogP contribution in [-0.2, 0) is 0 Å². The zero-order valence-electron chi connectivity index (χ0n) is 8.97. The van der Waals surface area contributed by atoms with Gasteiger partial charge in [0.2, 0.25) is 0 Å². The second-order valence-corrected chi connectivity index (χ2v) is 4.21. The summed E-state index contributed by atoms with van der Waals surface area (Å²) in [4.78, 5) is 15.3. The van der Waals surface area contributed by atoms with Gasteiger partial charge in [-0.3, -0.25) is 0 Å². The van der Waals surface area contributed by atoms with Crippen LogP contribution in [0.1, 0.15) is 0 Å². The number of hydrogen-bond donors (Lipinski definition) is 1. The SMILES string of the molecule is O=[N+]1c2ccccc2-c2c1ccc1[nH]ccc21. The summed E-state index contributed by atoms with van der Waals surface area (Å²) in [6, 6.07) is 13.6. The number of hydrogen-bond acceptors (Lipinski definition) is 1. The maximum atomic E-state index is 12.2. The predicted octanol–water partition coefficient (Wildman–Crippen LogP) is 3.75. The molecule has 0 unspecified atom stereocenters. The molecule has 1 aromatic heterocycles. The molecule has 4 rings (SSSR count). The number of para-hydroxylation sites is 1. The van der Waals surface area contributed by atoms with Crippen molar-refractivity contribution in [1.82, 2.24) is 9.74 Å². The van der Waals surface area contributed by atoms with E-state index in [0.29, 0.717) is 0 Å². The lowest BCUT2D eigenvalue weighted by atomic mass is 10.0. The van der Waals surface area contributed by atoms with Gasteiger partial charge in [-0.25, -0.2) is 0 Å². The second kappa shape index (κ2) is 2.83. The third-order valence-corrected chi connectivity index (χ3v) is 3.32. The highest BCUT2D eigenvalue weighted by molar-refractivity contribution is 6.07. The van der Waals surface area contributed by atoms with Gasteiger partial charge in [0, 0.05) is 34.1 Å². The highest BCUT2D eigenvalue weighted by atomic mass is 16.3. The highest BCUT2D eigenvalue weighted by Gasteiger charge is 2.36. The van der Waals surface area contributed by atoms with Crippen molar-refractivity contribution in [2.24, 2.45) is 0 Å². The molecule has 17 heavy (non-hydrogen) atoms. The van der Waals surface area contributed by atoms with Gasteiger partial charge in [0.25, 0.3) is 11.4 Å². The summed E-state index contributed by atoms with van der Waals surface area (Å²) in [6.45, 7) is 0. The Labute approximate surface area is 97.3 Å². The number of H-pyrrole nitrogens is 1. The van der Waals surface area contributed by atoms with Crippen molar-refractivity contribution >= 4 is 22.3 Å². The maximum absolute atomic E-state index is 12.2. The zero-order valence-corrected chi connectivity index (χ0v) is 8.97. The van der Waals surface area contributed by atoms with Crippen LogP contribution in [0.25, 0.3) is 22.0 Å². The first-order chi connectivity index (χ1) is 8.36. The smallest absolute Gasteiger partial charge is 0.272 e. The fourth-order valence-electron chi connectivity index (χ4n) is 2.57. The van der Waals surface area contributed by atoms with E-state index in [1.54, 1.807) is 0 Å². The molecule has 1 N–H and O–H groups in total. The quantitative estimate of drug-likeness (QED) is 0.451. The molecule has 0 amide bonds. The van der Waals surface area contributed by atoms with E-state index in [9.17, 15) is 4.91 Å². The van der Waals surface area contributed by atoms with E-state index in [2.05, 4.69) is 4.98 Å². The molecule has 0 fully saturated rings. The fourth-order valence-corrected chi connectivity index (χ4v) is 2.57. The lowest BCUT2D eigenvalue weighted by Crippen LogP contribution is -1.91. The van der Waals surface area contributed by atoms with Crippen LogP contribution in [0.3, 0.4) is 0 Å². The van der Waals surface area contributed by atoms with Gasteiger partial charge >= 0.3 is 0 Å². The summed E-state index contributed by atoms with van der Waals surface area (Å²) in [7, 11) is 0. The molecule has 0 saturated carbocycles. The van der Waals surface area contributed by atoms with E-state index < -0.39 is 0 Å². The van der Waals surface area contributed by atoms with Crippen LogP contribution in [-0.4, -0.2) is 4.98 Å². The number of fused-ring (bicyclic) bond motifs is 5. The van der Waals surface area contributed by atoms with Gasteiger partial charge in [0.1, 0.15) is 0 Å². The van der Waals surface area contributed by atoms with E-state index in [1.807, 2.05) is 48.7 Å². The third kappa shape index (κ3) is 0.959. The molecule has 3 aromatic rings. The van der Waals surface area contributed by atoms with Gasteiger partial charge in [-0.1, -0.05) is 12.1 Å². The Morgan fingerprint density at radius 2 is 1.82 bits per heavy atom. The van der Waals surface area contributed by atoms with Crippen LogP contribution in [0.2, 0.25) is 0 Å². The van der Waals surface area contributed by atoms with E-state index in [0.717, 1.165) is 38.2 Å². The maximum Gasteiger partial charge on any atom is 0.272 e. The van der Waals surface area contributed by atoms with Gasteiger partial charge in [0.05, 0.1) is 15.9 Å². The highest BCUT2D eigenvalue weighted by Crippen LogP contribution is 2.47. The molecule has 3 nitrogen and oxygen atoms in total. The first kappa shape index (κ1) is 8.70. The Balaban J connectivity index is 2.24. The predicted molar refractivity (Wildman–Crippen MR) is 68.6 cm³/mol. The van der Waals surface area contributed by atoms with E-state index in [4.69, 9.17) is 0 Å². The fraction of sp³-hybridized carbons (Fsp3) is 0. The number of aromatic nitrogens is 1. The van der Waals surface area contributed by atoms with E-state index in [-0.39, 0.29) is 0 Å². The molecule has 0 atom stereocenters. The molecule has 1 aliphatic rings. The van der Waals surface area contributed by atoms with Crippen molar-refractivity contribution in [3.05, 3.63) is 53.6 Å². The molecule has 0 aliphatic carbocycles. The first-order valence-electron chi connectivity index (χ1n) is 5.53. The molecular weight excluding hydrogens is 212 g/mol. The molecule has 0 radical (unpaired) electrons. The Bertz CT molecular complexity index is 771. The molecule has 0 spiro atoms. The molecule has 80 valence electrons. The summed E-state index contributed by atoms with van der Waals surface area (Å²) in [5.41, 5.74) is 4.58. The monoisotopic (exact) mass is 221 g/mol. The van der Waals surface area contributed by atoms with Crippen LogP contribution >= 0.6 is 0 Å². The lowest BCUT2D eigenvalue weighted by molar-refractivity contribution is 1.09. The second-order valence-electron chi connectivity index (χ2n) is 4.21. The van der Waals surface area contributed by atoms with E-state index in [1.165, 1.54) is 0 Å². The molecule has 0 bridgehead atoms. The molecule has 2 aromatic carbocycles. The van der Waals surface area contributed by atoms with Gasteiger partial charge < -0.3 is 4.98 Å². The summed E-state index contributed by atoms with van der Waals surface area (Å²) in [6.07, 6.45) is 1.90. The van der Waals surface area contributed by atoms with Crippen LogP contribution in [0.5, 0.6) is 0 Å². The average molecular weight is 221 g/mol. The Kier molecular flexibility index (Phi) is 1.45. The normalized spacial score (nSPS) is 12.8. The van der Waals surface area contributed by atoms with Crippen molar-refractivity contribution in [1.29, 1.82) is 0 Å². The number of nitroso groups, excluding NO2 is 1. The van der Waals surface area contributed by atoms with Crippen molar-refractivity contribution in [3.8, 4) is 11.1 Å². The van der Waals surface area contributed by atoms with Gasteiger partial charge in [-0.15, -0.1) is 0 Å². The molecule has 1 aliphatic heterocycles. The molecule has 2 heterocycles. The van der Waals surface area contributed by atoms with Crippen LogP contribution < -0.4 is 4.76 Å². The Morgan fingerprint density at radius 1 is 0.941 bits per heavy atom. The summed E-state index contributed by atoms with van der Waals surface area (Å²) in [5, 5.41) is 1.10. The van der Waals surface area contributed by atoms with Gasteiger partial charge in [0.15, 0.2) is 0 Å². The minimum Gasteiger partial charge on any atom is -0.361 e. The summed E-state index contributed by atoms with van der Waals surface area (Å²) < 4.78 is 1.01. The summed E-state index contributed by atoms with van der Waals surface area (Å²) >= 11 is 0. The van der Waals surface area contributed by atoms with Crippen molar-refractivity contribution in [2.75, 3.05) is 0 Å². The topological polar surface area (TPSA) is 35.9 Å². The first-order valence-corrected chi connectivity index (χ1v) is 5.53. The number of rotatable bonds is 0. The Hall–Kier alpha value is -2.42. The van der Waals surface area contributed by atoms with Crippen LogP contribution in [0.15, 0.2) is 48.7 Å². The Morgan fingerprint density at radius 3 is 2.76 bits per heavy atom. The van der Waals surface area contributed by atoms with Crippen molar-refractivity contribution in [2.45, 2.75) is 0 Å². The third-order valence-electron chi connectivity index (χ3n) is 3.32. The molecular formula is C14H9N2O+. The lowest BCUT2D eigenvalue weighted by Gasteiger charge is -1.95.